The first-order chi connectivity index (χ1) is 13.2. The minimum absolute atomic E-state index is 0.0789. The molecule has 6 heteroatoms. The SMILES string of the molecule is O=C(NCCCCCc1ccc(-c2ccn[nH]c2=O)cc1)c1cccnc1. The first-order valence-corrected chi connectivity index (χ1v) is 9.05. The van der Waals surface area contributed by atoms with Gasteiger partial charge in [0.2, 0.25) is 0 Å². The van der Waals surface area contributed by atoms with Crippen molar-refractivity contribution in [3.63, 3.8) is 0 Å². The van der Waals surface area contributed by atoms with E-state index in [1.807, 2.05) is 12.1 Å². The highest BCUT2D eigenvalue weighted by Gasteiger charge is 2.04. The quantitative estimate of drug-likeness (QED) is 0.603. The molecule has 2 heterocycles. The molecule has 3 rings (SSSR count). The molecule has 0 saturated carbocycles. The van der Waals surface area contributed by atoms with E-state index in [1.165, 1.54) is 5.56 Å². The van der Waals surface area contributed by atoms with Crippen molar-refractivity contribution in [2.75, 3.05) is 6.54 Å². The first kappa shape index (κ1) is 18.5. The molecule has 2 aromatic heterocycles. The van der Waals surface area contributed by atoms with Gasteiger partial charge in [0, 0.05) is 30.7 Å². The van der Waals surface area contributed by atoms with Crippen LogP contribution in [0.4, 0.5) is 0 Å². The number of pyridine rings is 1. The number of aromatic amines is 1. The molecule has 27 heavy (non-hydrogen) atoms. The molecule has 1 aromatic carbocycles. The van der Waals surface area contributed by atoms with E-state index in [0.29, 0.717) is 17.7 Å². The molecule has 0 aliphatic heterocycles. The van der Waals surface area contributed by atoms with E-state index in [9.17, 15) is 9.59 Å². The van der Waals surface area contributed by atoms with E-state index in [0.717, 1.165) is 31.2 Å². The largest absolute Gasteiger partial charge is 0.352 e. The molecule has 0 bridgehead atoms. The fourth-order valence-corrected chi connectivity index (χ4v) is 2.85. The van der Waals surface area contributed by atoms with E-state index in [4.69, 9.17) is 0 Å². The van der Waals surface area contributed by atoms with Gasteiger partial charge in [0.25, 0.3) is 11.5 Å². The van der Waals surface area contributed by atoms with Crippen LogP contribution in [-0.2, 0) is 6.42 Å². The second kappa shape index (κ2) is 9.43. The van der Waals surface area contributed by atoms with Crippen molar-refractivity contribution in [3.05, 3.63) is 82.5 Å². The lowest BCUT2D eigenvalue weighted by Crippen LogP contribution is -2.24. The molecule has 0 fully saturated rings. The van der Waals surface area contributed by atoms with E-state index in [-0.39, 0.29) is 11.5 Å². The van der Waals surface area contributed by atoms with Crippen LogP contribution in [0.3, 0.4) is 0 Å². The van der Waals surface area contributed by atoms with Gasteiger partial charge in [-0.25, -0.2) is 5.10 Å². The van der Waals surface area contributed by atoms with E-state index in [2.05, 4.69) is 32.6 Å². The third kappa shape index (κ3) is 5.34. The van der Waals surface area contributed by atoms with Crippen molar-refractivity contribution in [3.8, 4) is 11.1 Å². The summed E-state index contributed by atoms with van der Waals surface area (Å²) >= 11 is 0. The molecule has 0 aliphatic carbocycles. The van der Waals surface area contributed by atoms with Gasteiger partial charge >= 0.3 is 0 Å². The van der Waals surface area contributed by atoms with Gasteiger partial charge in [-0.3, -0.25) is 14.6 Å². The zero-order chi connectivity index (χ0) is 18.9. The summed E-state index contributed by atoms with van der Waals surface area (Å²) in [5.41, 5.74) is 3.16. The molecule has 3 aromatic rings. The van der Waals surface area contributed by atoms with Crippen molar-refractivity contribution >= 4 is 5.91 Å². The number of carbonyl (C=O) groups is 1. The molecule has 0 unspecified atom stereocenters. The van der Waals surface area contributed by atoms with E-state index < -0.39 is 0 Å². The average Bonchev–Trinajstić information content (AvgIpc) is 2.72. The highest BCUT2D eigenvalue weighted by molar-refractivity contribution is 5.93. The van der Waals surface area contributed by atoms with Gasteiger partial charge in [0.05, 0.1) is 5.56 Å². The van der Waals surface area contributed by atoms with E-state index in [1.54, 1.807) is 36.8 Å². The van der Waals surface area contributed by atoms with Crippen LogP contribution in [-0.4, -0.2) is 27.6 Å². The van der Waals surface area contributed by atoms with Gasteiger partial charge < -0.3 is 5.32 Å². The molecule has 0 spiro atoms. The van der Waals surface area contributed by atoms with Crippen LogP contribution in [0.1, 0.15) is 35.2 Å². The maximum atomic E-state index is 11.9. The maximum Gasteiger partial charge on any atom is 0.272 e. The zero-order valence-corrected chi connectivity index (χ0v) is 15.0. The van der Waals surface area contributed by atoms with Crippen molar-refractivity contribution in [1.82, 2.24) is 20.5 Å². The molecule has 2 N–H and O–H groups in total. The summed E-state index contributed by atoms with van der Waals surface area (Å²) < 4.78 is 0. The summed E-state index contributed by atoms with van der Waals surface area (Å²) in [4.78, 5) is 27.6. The van der Waals surface area contributed by atoms with Crippen molar-refractivity contribution < 1.29 is 4.79 Å². The second-order valence-corrected chi connectivity index (χ2v) is 6.30. The van der Waals surface area contributed by atoms with Crippen LogP contribution in [0.25, 0.3) is 11.1 Å². The van der Waals surface area contributed by atoms with Crippen molar-refractivity contribution in [2.24, 2.45) is 0 Å². The highest BCUT2D eigenvalue weighted by Crippen LogP contribution is 2.16. The summed E-state index contributed by atoms with van der Waals surface area (Å²) in [6.07, 6.45) is 8.81. The van der Waals surface area contributed by atoms with Gasteiger partial charge in [-0.05, 0) is 48.6 Å². The summed E-state index contributed by atoms with van der Waals surface area (Å²) in [5.74, 6) is -0.0789. The van der Waals surface area contributed by atoms with E-state index >= 15 is 0 Å². The van der Waals surface area contributed by atoms with Crippen LogP contribution in [0.5, 0.6) is 0 Å². The minimum atomic E-state index is -0.182. The van der Waals surface area contributed by atoms with Crippen LogP contribution in [0.15, 0.2) is 65.8 Å². The topological polar surface area (TPSA) is 87.7 Å². The lowest BCUT2D eigenvalue weighted by Gasteiger charge is -2.06. The predicted octanol–water partition coefficient (Wildman–Crippen LogP) is 2.97. The van der Waals surface area contributed by atoms with Crippen LogP contribution in [0, 0.1) is 0 Å². The Hall–Kier alpha value is -3.28. The fourth-order valence-electron chi connectivity index (χ4n) is 2.85. The molecule has 1 amide bonds. The summed E-state index contributed by atoms with van der Waals surface area (Å²) in [6.45, 7) is 0.664. The lowest BCUT2D eigenvalue weighted by atomic mass is 10.0. The van der Waals surface area contributed by atoms with Gasteiger partial charge in [-0.2, -0.15) is 5.10 Å². The number of nitrogens with zero attached hydrogens (tertiary/aromatic N) is 2. The van der Waals surface area contributed by atoms with Crippen molar-refractivity contribution in [1.29, 1.82) is 0 Å². The second-order valence-electron chi connectivity index (χ2n) is 6.30. The number of benzene rings is 1. The van der Waals surface area contributed by atoms with Gasteiger partial charge in [0.1, 0.15) is 0 Å². The standard InChI is InChI=1S/C21H22N4O2/c26-20(18-6-4-12-22-15-18)23-13-3-1-2-5-16-7-9-17(10-8-16)19-11-14-24-25-21(19)27/h4,6-12,14-15H,1-3,5,13H2,(H,23,26)(H,25,27). The molecule has 0 aliphatic rings. The van der Waals surface area contributed by atoms with Crippen molar-refractivity contribution in [2.45, 2.75) is 25.7 Å². The lowest BCUT2D eigenvalue weighted by molar-refractivity contribution is 0.0952. The molecule has 0 saturated heterocycles. The Labute approximate surface area is 157 Å². The highest BCUT2D eigenvalue weighted by atomic mass is 16.1. The maximum absolute atomic E-state index is 11.9. The number of amides is 1. The fraction of sp³-hybridized carbons (Fsp3) is 0.238. The Kier molecular flexibility index (Phi) is 6.46. The number of aryl methyl sites for hydroxylation is 1. The number of aromatic nitrogens is 3. The Morgan fingerprint density at radius 1 is 1.00 bits per heavy atom. The average molecular weight is 362 g/mol. The smallest absolute Gasteiger partial charge is 0.272 e. The Bertz CT molecular complexity index is 921. The Morgan fingerprint density at radius 3 is 2.59 bits per heavy atom. The predicted molar refractivity (Wildman–Crippen MR) is 104 cm³/mol. The van der Waals surface area contributed by atoms with Crippen LogP contribution < -0.4 is 10.9 Å². The third-order valence-electron chi connectivity index (χ3n) is 4.34. The summed E-state index contributed by atoms with van der Waals surface area (Å²) in [5, 5.41) is 9.07. The molecule has 6 nitrogen and oxygen atoms in total. The molecule has 138 valence electrons. The number of hydrogen-bond acceptors (Lipinski definition) is 4. The Balaban J connectivity index is 1.38. The zero-order valence-electron chi connectivity index (χ0n) is 15.0. The number of carbonyl (C=O) groups excluding carboxylic acids is 1. The summed E-state index contributed by atoms with van der Waals surface area (Å²) in [6, 6.07) is 13.3. The van der Waals surface area contributed by atoms with Crippen LogP contribution in [0.2, 0.25) is 0 Å². The van der Waals surface area contributed by atoms with Gasteiger partial charge in [-0.15, -0.1) is 0 Å². The number of hydrogen-bond donors (Lipinski definition) is 2. The third-order valence-corrected chi connectivity index (χ3v) is 4.34. The molecular formula is C21H22N4O2. The van der Waals surface area contributed by atoms with Gasteiger partial charge in [0.15, 0.2) is 0 Å². The number of rotatable bonds is 8. The normalized spacial score (nSPS) is 10.5. The van der Waals surface area contributed by atoms with Gasteiger partial charge in [-0.1, -0.05) is 30.7 Å². The monoisotopic (exact) mass is 362 g/mol. The number of H-pyrrole nitrogens is 1. The minimum Gasteiger partial charge on any atom is -0.352 e. The first-order valence-electron chi connectivity index (χ1n) is 9.05. The number of nitrogens with one attached hydrogen (secondary N) is 2. The molecular weight excluding hydrogens is 340 g/mol. The summed E-state index contributed by atoms with van der Waals surface area (Å²) in [7, 11) is 0. The molecule has 0 radical (unpaired) electrons. The molecule has 0 atom stereocenters. The van der Waals surface area contributed by atoms with Crippen LogP contribution >= 0.6 is 0 Å². The Morgan fingerprint density at radius 2 is 1.85 bits per heavy atom. The number of unbranched alkanes of at least 4 members (excludes halogenated alkanes) is 2.